The molecule has 0 spiro atoms. The number of nitrogens with one attached hydrogen (secondary N) is 1. The SMILES string of the molecule is CN1[CH]CCC1=N. The van der Waals surface area contributed by atoms with Crippen LogP contribution in [0.3, 0.4) is 0 Å². The minimum Gasteiger partial charge on any atom is -0.359 e. The van der Waals surface area contributed by atoms with Crippen molar-refractivity contribution in [1.29, 1.82) is 5.41 Å². The van der Waals surface area contributed by atoms with Crippen molar-refractivity contribution in [2.45, 2.75) is 12.8 Å². The Morgan fingerprint density at radius 2 is 2.57 bits per heavy atom. The summed E-state index contributed by atoms with van der Waals surface area (Å²) in [7, 11) is 1.91. The molecule has 39 valence electrons. The molecule has 0 unspecified atom stereocenters. The fourth-order valence-electron chi connectivity index (χ4n) is 0.681. The van der Waals surface area contributed by atoms with Gasteiger partial charge in [-0.1, -0.05) is 0 Å². The fourth-order valence-corrected chi connectivity index (χ4v) is 0.681. The Morgan fingerprint density at radius 1 is 1.86 bits per heavy atom. The third kappa shape index (κ3) is 0.734. The van der Waals surface area contributed by atoms with Crippen LogP contribution in [0.4, 0.5) is 0 Å². The molecule has 2 heteroatoms. The lowest BCUT2D eigenvalue weighted by Crippen LogP contribution is -2.13. The van der Waals surface area contributed by atoms with Crippen LogP contribution in [0.5, 0.6) is 0 Å². The van der Waals surface area contributed by atoms with Crippen molar-refractivity contribution >= 4 is 5.84 Å². The number of hydrogen-bond donors (Lipinski definition) is 1. The maximum absolute atomic E-state index is 7.15. The maximum Gasteiger partial charge on any atom is 0.0959 e. The van der Waals surface area contributed by atoms with E-state index in [2.05, 4.69) is 0 Å². The molecular weight excluding hydrogens is 88.1 g/mol. The minimum atomic E-state index is 0.736. The van der Waals surface area contributed by atoms with Gasteiger partial charge in [-0.05, 0) is 6.42 Å². The van der Waals surface area contributed by atoms with Crippen LogP contribution in [0.2, 0.25) is 0 Å². The molecule has 0 aromatic rings. The number of nitrogens with zero attached hydrogens (tertiary/aromatic N) is 1. The molecule has 0 aliphatic carbocycles. The van der Waals surface area contributed by atoms with Gasteiger partial charge in [0.25, 0.3) is 0 Å². The maximum atomic E-state index is 7.15. The van der Waals surface area contributed by atoms with E-state index in [-0.39, 0.29) is 0 Å². The summed E-state index contributed by atoms with van der Waals surface area (Å²) in [5.41, 5.74) is 0. The largest absolute Gasteiger partial charge is 0.359 e. The first kappa shape index (κ1) is 4.62. The predicted octanol–water partition coefficient (Wildman–Crippen LogP) is 0.851. The fraction of sp³-hybridized carbons (Fsp3) is 0.600. The van der Waals surface area contributed by atoms with Gasteiger partial charge in [0.05, 0.1) is 12.4 Å². The van der Waals surface area contributed by atoms with Crippen molar-refractivity contribution in [3.63, 3.8) is 0 Å². The quantitative estimate of drug-likeness (QED) is 0.476. The summed E-state index contributed by atoms with van der Waals surface area (Å²) in [5.74, 6) is 0.736. The lowest BCUT2D eigenvalue weighted by Gasteiger charge is -2.06. The molecule has 0 atom stereocenters. The van der Waals surface area contributed by atoms with Crippen molar-refractivity contribution in [3.8, 4) is 0 Å². The van der Waals surface area contributed by atoms with E-state index < -0.39 is 0 Å². The second-order valence-corrected chi connectivity index (χ2v) is 1.78. The molecule has 1 heterocycles. The number of amidine groups is 1. The summed E-state index contributed by atoms with van der Waals surface area (Å²) in [4.78, 5) is 1.86. The van der Waals surface area contributed by atoms with Crippen LogP contribution in [0.15, 0.2) is 0 Å². The topological polar surface area (TPSA) is 27.1 Å². The molecule has 1 N–H and O–H groups in total. The molecule has 1 saturated heterocycles. The lowest BCUT2D eigenvalue weighted by atomic mass is 10.4. The molecule has 1 rings (SSSR count). The Balaban J connectivity index is 2.48. The zero-order valence-electron chi connectivity index (χ0n) is 4.44. The summed E-state index contributed by atoms with van der Waals surface area (Å²) < 4.78 is 0. The number of likely N-dealkylation sites (tertiary alicyclic amines) is 1. The van der Waals surface area contributed by atoms with Crippen LogP contribution in [-0.4, -0.2) is 17.8 Å². The highest BCUT2D eigenvalue weighted by Crippen LogP contribution is 2.10. The highest BCUT2D eigenvalue weighted by Gasteiger charge is 2.10. The van der Waals surface area contributed by atoms with Crippen molar-refractivity contribution in [1.82, 2.24) is 4.90 Å². The van der Waals surface area contributed by atoms with Crippen molar-refractivity contribution in [2.24, 2.45) is 0 Å². The summed E-state index contributed by atoms with van der Waals surface area (Å²) in [6.45, 7) is 2.03. The zero-order valence-corrected chi connectivity index (χ0v) is 4.44. The molecule has 0 saturated carbocycles. The average Bonchev–Trinajstić information content (AvgIpc) is 1.91. The third-order valence-electron chi connectivity index (χ3n) is 1.21. The van der Waals surface area contributed by atoms with Gasteiger partial charge in [0, 0.05) is 13.5 Å². The Kier molecular flexibility index (Phi) is 1.01. The zero-order chi connectivity index (χ0) is 5.28. The summed E-state index contributed by atoms with van der Waals surface area (Å²) in [5, 5.41) is 7.15. The lowest BCUT2D eigenvalue weighted by molar-refractivity contribution is 0.632. The van der Waals surface area contributed by atoms with Gasteiger partial charge in [0.1, 0.15) is 0 Å². The van der Waals surface area contributed by atoms with Crippen LogP contribution < -0.4 is 0 Å². The predicted molar refractivity (Wildman–Crippen MR) is 29.0 cm³/mol. The van der Waals surface area contributed by atoms with Gasteiger partial charge in [-0.3, -0.25) is 5.41 Å². The first-order chi connectivity index (χ1) is 3.30. The van der Waals surface area contributed by atoms with Crippen LogP contribution in [0.1, 0.15) is 12.8 Å². The monoisotopic (exact) mass is 97.1 g/mol. The van der Waals surface area contributed by atoms with Gasteiger partial charge in [-0.25, -0.2) is 0 Å². The van der Waals surface area contributed by atoms with Crippen molar-refractivity contribution < 1.29 is 0 Å². The summed E-state index contributed by atoms with van der Waals surface area (Å²) in [6, 6.07) is 0. The molecule has 1 fully saturated rings. The van der Waals surface area contributed by atoms with Crippen molar-refractivity contribution in [2.75, 3.05) is 7.05 Å². The molecule has 1 radical (unpaired) electrons. The van der Waals surface area contributed by atoms with Crippen LogP contribution >= 0.6 is 0 Å². The molecule has 0 aromatic heterocycles. The minimum absolute atomic E-state index is 0.736. The van der Waals surface area contributed by atoms with E-state index in [1.807, 2.05) is 18.5 Å². The van der Waals surface area contributed by atoms with Crippen LogP contribution in [-0.2, 0) is 0 Å². The molecule has 0 amide bonds. The molecular formula is C5H9N2. The van der Waals surface area contributed by atoms with E-state index in [4.69, 9.17) is 5.41 Å². The molecule has 0 bridgehead atoms. The van der Waals surface area contributed by atoms with Gasteiger partial charge in [-0.15, -0.1) is 0 Å². The highest BCUT2D eigenvalue weighted by molar-refractivity contribution is 5.81. The van der Waals surface area contributed by atoms with Crippen LogP contribution in [0, 0.1) is 12.0 Å². The molecule has 1 aliphatic rings. The average molecular weight is 97.1 g/mol. The van der Waals surface area contributed by atoms with Crippen molar-refractivity contribution in [3.05, 3.63) is 6.54 Å². The summed E-state index contributed by atoms with van der Waals surface area (Å²) in [6.07, 6.45) is 1.98. The molecule has 0 aromatic carbocycles. The van der Waals surface area contributed by atoms with E-state index in [1.165, 1.54) is 0 Å². The van der Waals surface area contributed by atoms with Crippen LogP contribution in [0.25, 0.3) is 0 Å². The van der Waals surface area contributed by atoms with Gasteiger partial charge >= 0.3 is 0 Å². The highest BCUT2D eigenvalue weighted by atomic mass is 15.2. The Morgan fingerprint density at radius 3 is 2.71 bits per heavy atom. The van der Waals surface area contributed by atoms with E-state index in [1.54, 1.807) is 0 Å². The summed E-state index contributed by atoms with van der Waals surface area (Å²) >= 11 is 0. The van der Waals surface area contributed by atoms with E-state index in [0.717, 1.165) is 18.7 Å². The van der Waals surface area contributed by atoms with E-state index in [9.17, 15) is 0 Å². The van der Waals surface area contributed by atoms with Gasteiger partial charge in [0.2, 0.25) is 0 Å². The van der Waals surface area contributed by atoms with E-state index in [0.29, 0.717) is 0 Å². The first-order valence-corrected chi connectivity index (χ1v) is 2.44. The van der Waals surface area contributed by atoms with Gasteiger partial charge in [0.15, 0.2) is 0 Å². The van der Waals surface area contributed by atoms with Gasteiger partial charge in [-0.2, -0.15) is 0 Å². The Hall–Kier alpha value is -0.530. The Labute approximate surface area is 43.6 Å². The molecule has 2 nitrogen and oxygen atoms in total. The number of hydrogen-bond acceptors (Lipinski definition) is 1. The molecule has 7 heavy (non-hydrogen) atoms. The first-order valence-electron chi connectivity index (χ1n) is 2.44. The van der Waals surface area contributed by atoms with E-state index >= 15 is 0 Å². The number of rotatable bonds is 0. The Bertz CT molecular complexity index is 88.1. The second-order valence-electron chi connectivity index (χ2n) is 1.78. The smallest absolute Gasteiger partial charge is 0.0959 e. The second kappa shape index (κ2) is 1.52. The molecule has 1 aliphatic heterocycles. The standard InChI is InChI=1S/C5H9N2/c1-7-4-2-3-5(7)6/h4,6H,2-3H2,1H3. The van der Waals surface area contributed by atoms with Gasteiger partial charge < -0.3 is 4.90 Å². The third-order valence-corrected chi connectivity index (χ3v) is 1.21. The normalized spacial score (nSPS) is 21.3.